The van der Waals surface area contributed by atoms with E-state index >= 15 is 0 Å². The van der Waals surface area contributed by atoms with Crippen LogP contribution < -0.4 is 0 Å². The van der Waals surface area contributed by atoms with Gasteiger partial charge in [0.05, 0.1) is 6.61 Å². The zero-order chi connectivity index (χ0) is 50.6. The van der Waals surface area contributed by atoms with E-state index in [1.54, 1.807) is 0 Å². The quantitative estimate of drug-likeness (QED) is 0.0345. The van der Waals surface area contributed by atoms with Crippen LogP contribution in [-0.4, -0.2) is 37.9 Å². The number of carbonyl (C=O) groups is 2. The molecule has 5 heteroatoms. The van der Waals surface area contributed by atoms with Crippen molar-refractivity contribution in [1.82, 2.24) is 0 Å². The number of esters is 2. The Labute approximate surface area is 435 Å². The Morgan fingerprint density at radius 2 is 0.600 bits per heavy atom. The van der Waals surface area contributed by atoms with Gasteiger partial charge in [-0.05, 0) is 122 Å². The van der Waals surface area contributed by atoms with Gasteiger partial charge >= 0.3 is 11.9 Å². The molecule has 1 atom stereocenters. The van der Waals surface area contributed by atoms with E-state index in [1.807, 2.05) is 0 Å². The van der Waals surface area contributed by atoms with Crippen molar-refractivity contribution in [3.8, 4) is 0 Å². The van der Waals surface area contributed by atoms with Crippen LogP contribution in [0.5, 0.6) is 0 Å². The largest absolute Gasteiger partial charge is 0.462 e. The number of unbranched alkanes of at least 4 members (excludes halogenated alkanes) is 30. The van der Waals surface area contributed by atoms with E-state index in [0.29, 0.717) is 19.4 Å². The third kappa shape index (κ3) is 57.7. The van der Waals surface area contributed by atoms with Crippen molar-refractivity contribution in [2.75, 3.05) is 19.8 Å². The predicted molar refractivity (Wildman–Crippen MR) is 307 cm³/mol. The Morgan fingerprint density at radius 1 is 0.314 bits per heavy atom. The van der Waals surface area contributed by atoms with Gasteiger partial charge in [0.1, 0.15) is 6.61 Å². The van der Waals surface area contributed by atoms with Crippen LogP contribution in [0.25, 0.3) is 0 Å². The molecule has 1 unspecified atom stereocenters. The Bertz CT molecular complexity index is 1290. The van der Waals surface area contributed by atoms with E-state index in [2.05, 4.69) is 106 Å². The molecule has 0 bridgehead atoms. The third-order valence-electron chi connectivity index (χ3n) is 12.9. The van der Waals surface area contributed by atoms with Crippen LogP contribution in [0.15, 0.2) is 85.1 Å². The molecule has 0 aliphatic carbocycles. The lowest BCUT2D eigenvalue weighted by molar-refractivity contribution is -0.163. The van der Waals surface area contributed by atoms with Crippen molar-refractivity contribution in [1.29, 1.82) is 0 Å². The zero-order valence-electron chi connectivity index (χ0n) is 46.5. The number of carbonyl (C=O) groups excluding carboxylic acids is 2. The molecular weight excluding hydrogens is 861 g/mol. The lowest BCUT2D eigenvalue weighted by Gasteiger charge is -2.18. The van der Waals surface area contributed by atoms with Gasteiger partial charge in [-0.1, -0.05) is 241 Å². The highest BCUT2D eigenvalue weighted by Gasteiger charge is 2.17. The minimum absolute atomic E-state index is 0.0700. The zero-order valence-corrected chi connectivity index (χ0v) is 46.5. The summed E-state index contributed by atoms with van der Waals surface area (Å²) < 4.78 is 17.5. The first kappa shape index (κ1) is 67.1. The third-order valence-corrected chi connectivity index (χ3v) is 12.9. The van der Waals surface area contributed by atoms with Crippen LogP contribution in [0.2, 0.25) is 0 Å². The number of allylic oxidation sites excluding steroid dienone is 14. The summed E-state index contributed by atoms with van der Waals surface area (Å²) in [5.41, 5.74) is 0. The van der Waals surface area contributed by atoms with Crippen molar-refractivity contribution in [2.24, 2.45) is 0 Å². The SMILES string of the molecule is CCCCC/C=C\C/C=C\C/C=C\CCCCCCCCC(=O)OCC(COCCCCCCCC/C=C\C/C=C\CCCCC)OC(=O)CCCCCCCCCCC/C=C\C/C=C\CCCCC. The summed E-state index contributed by atoms with van der Waals surface area (Å²) in [6.45, 7) is 7.74. The Kier molecular flexibility index (Phi) is 57.9. The normalized spacial score (nSPS) is 12.8. The summed E-state index contributed by atoms with van der Waals surface area (Å²) >= 11 is 0. The fourth-order valence-corrected chi connectivity index (χ4v) is 8.34. The standard InChI is InChI=1S/C65H114O5/c1-4-7-10-13-16-19-22-25-28-31-33-35-37-40-43-46-49-52-55-58-64(66)69-62-63(61-68-60-57-54-51-48-45-42-39-30-27-24-21-18-15-12-9-6-3)70-65(67)59-56-53-50-47-44-41-38-36-34-32-29-26-23-20-17-14-11-8-5-2/h16-21,25-30,33,35,63H,4-15,22-24,31-32,34,36-62H2,1-3H3/b19-16-,20-17-,21-18-,28-25-,29-26-,30-27-,35-33-. The maximum atomic E-state index is 12.9. The molecule has 0 aliphatic rings. The average Bonchev–Trinajstić information content (AvgIpc) is 3.36. The van der Waals surface area contributed by atoms with Gasteiger partial charge in [-0.25, -0.2) is 0 Å². The van der Waals surface area contributed by atoms with Crippen LogP contribution in [0.4, 0.5) is 0 Å². The highest BCUT2D eigenvalue weighted by molar-refractivity contribution is 5.70. The molecule has 0 heterocycles. The molecule has 0 rings (SSSR count). The summed E-state index contributed by atoms with van der Waals surface area (Å²) in [4.78, 5) is 25.6. The topological polar surface area (TPSA) is 61.8 Å². The summed E-state index contributed by atoms with van der Waals surface area (Å²) in [7, 11) is 0. The molecule has 404 valence electrons. The fourth-order valence-electron chi connectivity index (χ4n) is 8.34. The lowest BCUT2D eigenvalue weighted by atomic mass is 10.1. The maximum Gasteiger partial charge on any atom is 0.306 e. The summed E-state index contributed by atoms with van der Waals surface area (Å²) in [6, 6.07) is 0. The van der Waals surface area contributed by atoms with Gasteiger partial charge in [0.25, 0.3) is 0 Å². The summed E-state index contributed by atoms with van der Waals surface area (Å²) in [5.74, 6) is -0.416. The summed E-state index contributed by atoms with van der Waals surface area (Å²) in [5, 5.41) is 0. The molecule has 0 saturated carbocycles. The van der Waals surface area contributed by atoms with Crippen LogP contribution in [0.3, 0.4) is 0 Å². The molecule has 0 radical (unpaired) electrons. The molecule has 0 aromatic carbocycles. The highest BCUT2D eigenvalue weighted by Crippen LogP contribution is 2.15. The number of ether oxygens (including phenoxy) is 3. The van der Waals surface area contributed by atoms with E-state index in [-0.39, 0.29) is 25.2 Å². The van der Waals surface area contributed by atoms with E-state index in [9.17, 15) is 9.59 Å². The molecule has 0 aromatic heterocycles. The number of hydrogen-bond donors (Lipinski definition) is 0. The molecule has 70 heavy (non-hydrogen) atoms. The first-order chi connectivity index (χ1) is 34.6. The fraction of sp³-hybridized carbons (Fsp3) is 0.754. The summed E-state index contributed by atoms with van der Waals surface area (Å²) in [6.07, 6.45) is 80.3. The van der Waals surface area contributed by atoms with Crippen LogP contribution in [-0.2, 0) is 23.8 Å². The Morgan fingerprint density at radius 3 is 0.957 bits per heavy atom. The smallest absolute Gasteiger partial charge is 0.306 e. The van der Waals surface area contributed by atoms with Crippen molar-refractivity contribution in [2.45, 2.75) is 297 Å². The Hall–Kier alpha value is -2.92. The van der Waals surface area contributed by atoms with Gasteiger partial charge in [-0.3, -0.25) is 9.59 Å². The van der Waals surface area contributed by atoms with Gasteiger partial charge in [-0.2, -0.15) is 0 Å². The van der Waals surface area contributed by atoms with Gasteiger partial charge in [0.2, 0.25) is 0 Å². The molecule has 0 aromatic rings. The van der Waals surface area contributed by atoms with Crippen molar-refractivity contribution >= 4 is 11.9 Å². The van der Waals surface area contributed by atoms with E-state index < -0.39 is 6.10 Å². The predicted octanol–water partition coefficient (Wildman–Crippen LogP) is 20.8. The lowest BCUT2D eigenvalue weighted by Crippen LogP contribution is -2.30. The number of hydrogen-bond acceptors (Lipinski definition) is 5. The van der Waals surface area contributed by atoms with Crippen molar-refractivity contribution < 1.29 is 23.8 Å². The molecule has 0 aliphatic heterocycles. The minimum atomic E-state index is -0.555. The van der Waals surface area contributed by atoms with Crippen LogP contribution in [0, 0.1) is 0 Å². The van der Waals surface area contributed by atoms with Crippen molar-refractivity contribution in [3.05, 3.63) is 85.1 Å². The average molecular weight is 976 g/mol. The second-order valence-electron chi connectivity index (χ2n) is 19.9. The van der Waals surface area contributed by atoms with E-state index in [0.717, 1.165) is 83.5 Å². The molecule has 0 saturated heterocycles. The Balaban J connectivity index is 4.33. The van der Waals surface area contributed by atoms with Crippen molar-refractivity contribution in [3.63, 3.8) is 0 Å². The van der Waals surface area contributed by atoms with E-state index in [1.165, 1.54) is 173 Å². The maximum absolute atomic E-state index is 12.9. The monoisotopic (exact) mass is 975 g/mol. The minimum Gasteiger partial charge on any atom is -0.462 e. The van der Waals surface area contributed by atoms with Gasteiger partial charge in [0.15, 0.2) is 6.10 Å². The van der Waals surface area contributed by atoms with Crippen LogP contribution in [0.1, 0.15) is 290 Å². The second-order valence-corrected chi connectivity index (χ2v) is 19.9. The first-order valence-corrected chi connectivity index (χ1v) is 30.1. The second kappa shape index (κ2) is 60.4. The number of rotatable bonds is 55. The van der Waals surface area contributed by atoms with Gasteiger partial charge in [0, 0.05) is 19.4 Å². The molecule has 0 N–H and O–H groups in total. The van der Waals surface area contributed by atoms with Gasteiger partial charge < -0.3 is 14.2 Å². The molecule has 0 fully saturated rings. The molecule has 0 amide bonds. The van der Waals surface area contributed by atoms with Gasteiger partial charge in [-0.15, -0.1) is 0 Å². The van der Waals surface area contributed by atoms with Crippen LogP contribution >= 0.6 is 0 Å². The molecular formula is C65H114O5. The highest BCUT2D eigenvalue weighted by atomic mass is 16.6. The molecule has 0 spiro atoms. The van der Waals surface area contributed by atoms with E-state index in [4.69, 9.17) is 14.2 Å². The first-order valence-electron chi connectivity index (χ1n) is 30.1. The molecule has 5 nitrogen and oxygen atoms in total.